The third-order valence-electron chi connectivity index (χ3n) is 3.65. The SMILES string of the molecule is CCOC(=O)C=C(c1cccc(COCOC)c1)C1CC1C#N. The summed E-state index contributed by atoms with van der Waals surface area (Å²) < 4.78 is 15.2. The summed E-state index contributed by atoms with van der Waals surface area (Å²) in [5.41, 5.74) is 2.78. The van der Waals surface area contributed by atoms with E-state index in [1.807, 2.05) is 24.3 Å². The zero-order chi connectivity index (χ0) is 16.7. The van der Waals surface area contributed by atoms with Gasteiger partial charge < -0.3 is 14.2 Å². The average Bonchev–Trinajstić information content (AvgIpc) is 3.33. The van der Waals surface area contributed by atoms with Crippen LogP contribution in [0.5, 0.6) is 0 Å². The third-order valence-corrected chi connectivity index (χ3v) is 3.65. The van der Waals surface area contributed by atoms with E-state index in [9.17, 15) is 4.79 Å². The van der Waals surface area contributed by atoms with Gasteiger partial charge in [0.1, 0.15) is 6.79 Å². The largest absolute Gasteiger partial charge is 0.463 e. The summed E-state index contributed by atoms with van der Waals surface area (Å²) in [6, 6.07) is 10.1. The molecule has 0 heterocycles. The van der Waals surface area contributed by atoms with Crippen LogP contribution in [0.25, 0.3) is 5.57 Å². The van der Waals surface area contributed by atoms with Crippen molar-refractivity contribution < 1.29 is 19.0 Å². The summed E-state index contributed by atoms with van der Waals surface area (Å²) in [5, 5.41) is 9.08. The summed E-state index contributed by atoms with van der Waals surface area (Å²) >= 11 is 0. The molecule has 0 aromatic heterocycles. The van der Waals surface area contributed by atoms with E-state index < -0.39 is 0 Å². The lowest BCUT2D eigenvalue weighted by Gasteiger charge is -2.10. The van der Waals surface area contributed by atoms with Gasteiger partial charge in [0.05, 0.1) is 25.2 Å². The monoisotopic (exact) mass is 315 g/mol. The number of esters is 1. The lowest BCUT2D eigenvalue weighted by atomic mass is 9.98. The molecule has 1 aromatic rings. The Morgan fingerprint density at radius 1 is 1.48 bits per heavy atom. The Bertz CT molecular complexity index is 618. The first-order valence-electron chi connectivity index (χ1n) is 7.63. The van der Waals surface area contributed by atoms with E-state index in [-0.39, 0.29) is 24.6 Å². The molecular formula is C18H21NO4. The van der Waals surface area contributed by atoms with Crippen molar-refractivity contribution in [3.63, 3.8) is 0 Å². The van der Waals surface area contributed by atoms with Crippen LogP contribution in [0.15, 0.2) is 30.3 Å². The predicted molar refractivity (Wildman–Crippen MR) is 84.9 cm³/mol. The van der Waals surface area contributed by atoms with E-state index in [1.165, 1.54) is 6.08 Å². The minimum absolute atomic E-state index is 0.0240. The van der Waals surface area contributed by atoms with Crippen LogP contribution in [0.2, 0.25) is 0 Å². The Balaban J connectivity index is 2.20. The topological polar surface area (TPSA) is 68.6 Å². The van der Waals surface area contributed by atoms with Crippen LogP contribution in [0.4, 0.5) is 0 Å². The molecule has 122 valence electrons. The number of rotatable bonds is 8. The van der Waals surface area contributed by atoms with Crippen LogP contribution in [0.3, 0.4) is 0 Å². The van der Waals surface area contributed by atoms with E-state index >= 15 is 0 Å². The zero-order valence-electron chi connectivity index (χ0n) is 13.5. The van der Waals surface area contributed by atoms with Crippen molar-refractivity contribution in [3.8, 4) is 6.07 Å². The fourth-order valence-corrected chi connectivity index (χ4v) is 2.48. The van der Waals surface area contributed by atoms with Crippen LogP contribution in [0, 0.1) is 23.2 Å². The van der Waals surface area contributed by atoms with Crippen LogP contribution in [0.1, 0.15) is 24.5 Å². The molecule has 23 heavy (non-hydrogen) atoms. The van der Waals surface area contributed by atoms with Crippen molar-refractivity contribution in [3.05, 3.63) is 41.5 Å². The molecule has 0 spiro atoms. The third kappa shape index (κ3) is 4.92. The Morgan fingerprint density at radius 2 is 2.30 bits per heavy atom. The number of hydrogen-bond acceptors (Lipinski definition) is 5. The number of benzene rings is 1. The lowest BCUT2D eigenvalue weighted by molar-refractivity contribution is -0.137. The van der Waals surface area contributed by atoms with E-state index in [1.54, 1.807) is 14.0 Å². The summed E-state index contributed by atoms with van der Waals surface area (Å²) in [4.78, 5) is 11.8. The van der Waals surface area contributed by atoms with Gasteiger partial charge in [-0.05, 0) is 36.1 Å². The van der Waals surface area contributed by atoms with Gasteiger partial charge in [-0.2, -0.15) is 5.26 Å². The fourth-order valence-electron chi connectivity index (χ4n) is 2.48. The maximum Gasteiger partial charge on any atom is 0.331 e. The minimum atomic E-state index is -0.368. The maximum absolute atomic E-state index is 11.8. The highest BCUT2D eigenvalue weighted by Crippen LogP contribution is 2.47. The lowest BCUT2D eigenvalue weighted by Crippen LogP contribution is -2.03. The number of carbonyl (C=O) groups excluding carboxylic acids is 1. The Labute approximate surface area is 136 Å². The summed E-state index contributed by atoms with van der Waals surface area (Å²) in [7, 11) is 1.58. The zero-order valence-corrected chi connectivity index (χ0v) is 13.5. The normalized spacial score (nSPS) is 20.0. The van der Waals surface area contributed by atoms with Crippen LogP contribution < -0.4 is 0 Å². The first-order chi connectivity index (χ1) is 11.2. The molecule has 5 nitrogen and oxygen atoms in total. The highest BCUT2D eigenvalue weighted by Gasteiger charge is 2.40. The molecule has 1 saturated carbocycles. The molecular weight excluding hydrogens is 294 g/mol. The van der Waals surface area contributed by atoms with Crippen molar-refractivity contribution in [2.24, 2.45) is 11.8 Å². The minimum Gasteiger partial charge on any atom is -0.463 e. The number of carbonyl (C=O) groups is 1. The smallest absolute Gasteiger partial charge is 0.331 e. The van der Waals surface area contributed by atoms with Gasteiger partial charge in [0.15, 0.2) is 0 Å². The number of nitrogens with zero attached hydrogens (tertiary/aromatic N) is 1. The van der Waals surface area contributed by atoms with Crippen molar-refractivity contribution in [1.29, 1.82) is 5.26 Å². The quantitative estimate of drug-likeness (QED) is 0.319. The molecule has 0 aliphatic heterocycles. The Morgan fingerprint density at radius 3 is 2.96 bits per heavy atom. The summed E-state index contributed by atoms with van der Waals surface area (Å²) in [6.07, 6.45) is 2.30. The van der Waals surface area contributed by atoms with Gasteiger partial charge in [-0.25, -0.2) is 4.79 Å². The molecule has 2 rings (SSSR count). The predicted octanol–water partition coefficient (Wildman–Crippen LogP) is 2.91. The fraction of sp³-hybridized carbons (Fsp3) is 0.444. The molecule has 0 bridgehead atoms. The molecule has 1 aromatic carbocycles. The molecule has 1 fully saturated rings. The first kappa shape index (κ1) is 17.2. The standard InChI is InChI=1S/C18H21NO4/c1-3-23-18(20)9-17(16-8-15(16)10-19)14-6-4-5-13(7-14)11-22-12-21-2/h4-7,9,15-16H,3,8,11-12H2,1-2H3. The van der Waals surface area contributed by atoms with Gasteiger partial charge in [0, 0.05) is 19.1 Å². The highest BCUT2D eigenvalue weighted by molar-refractivity contribution is 5.92. The van der Waals surface area contributed by atoms with E-state index in [0.29, 0.717) is 13.2 Å². The number of hydrogen-bond donors (Lipinski definition) is 0. The first-order valence-corrected chi connectivity index (χ1v) is 7.63. The number of allylic oxidation sites excluding steroid dienone is 1. The van der Waals surface area contributed by atoms with Gasteiger partial charge in [-0.1, -0.05) is 18.2 Å². The van der Waals surface area contributed by atoms with Gasteiger partial charge >= 0.3 is 5.97 Å². The van der Waals surface area contributed by atoms with Gasteiger partial charge in [-0.3, -0.25) is 0 Å². The molecule has 2 atom stereocenters. The molecule has 2 unspecified atom stereocenters. The van der Waals surface area contributed by atoms with E-state index in [4.69, 9.17) is 19.5 Å². The van der Waals surface area contributed by atoms with E-state index in [0.717, 1.165) is 23.1 Å². The molecule has 0 radical (unpaired) electrons. The second-order valence-electron chi connectivity index (χ2n) is 5.38. The highest BCUT2D eigenvalue weighted by atomic mass is 16.7. The second kappa shape index (κ2) is 8.47. The van der Waals surface area contributed by atoms with Gasteiger partial charge in [-0.15, -0.1) is 0 Å². The second-order valence-corrected chi connectivity index (χ2v) is 5.38. The van der Waals surface area contributed by atoms with Crippen LogP contribution in [-0.4, -0.2) is 26.5 Å². The molecule has 0 saturated heterocycles. The van der Waals surface area contributed by atoms with Crippen molar-refractivity contribution in [1.82, 2.24) is 0 Å². The Kier molecular flexibility index (Phi) is 6.33. The summed E-state index contributed by atoms with van der Waals surface area (Å²) in [6.45, 7) is 2.77. The van der Waals surface area contributed by atoms with Gasteiger partial charge in [0.25, 0.3) is 0 Å². The maximum atomic E-state index is 11.8. The molecule has 1 aliphatic carbocycles. The number of nitriles is 1. The van der Waals surface area contributed by atoms with Crippen molar-refractivity contribution in [2.45, 2.75) is 20.0 Å². The number of methoxy groups -OCH3 is 1. The average molecular weight is 315 g/mol. The van der Waals surface area contributed by atoms with Crippen molar-refractivity contribution in [2.75, 3.05) is 20.5 Å². The summed E-state index contributed by atoms with van der Waals surface area (Å²) in [5.74, 6) is -0.296. The molecule has 0 amide bonds. The van der Waals surface area contributed by atoms with Crippen LogP contribution >= 0.6 is 0 Å². The molecule has 1 aliphatic rings. The van der Waals surface area contributed by atoms with E-state index in [2.05, 4.69) is 6.07 Å². The van der Waals surface area contributed by atoms with Crippen molar-refractivity contribution >= 4 is 11.5 Å². The molecule has 0 N–H and O–H groups in total. The van der Waals surface area contributed by atoms with Gasteiger partial charge in [0.2, 0.25) is 0 Å². The Hall–Kier alpha value is -2.16. The van der Waals surface area contributed by atoms with Crippen LogP contribution in [-0.2, 0) is 25.6 Å². The number of ether oxygens (including phenoxy) is 3. The molecule has 5 heteroatoms.